The van der Waals surface area contributed by atoms with Crippen molar-refractivity contribution in [2.45, 2.75) is 37.8 Å². The molecule has 2 aromatic rings. The third kappa shape index (κ3) is 2.88. The average molecular weight is 393 g/mol. The molecule has 2 aliphatic rings. The van der Waals surface area contributed by atoms with Crippen molar-refractivity contribution in [2.24, 2.45) is 5.92 Å². The second-order valence-corrected chi connectivity index (χ2v) is 8.12. The minimum Gasteiger partial charge on any atom is -0.396 e. The second kappa shape index (κ2) is 6.96. The Bertz CT molecular complexity index is 862. The number of nitrogens with zero attached hydrogens (tertiary/aromatic N) is 3. The van der Waals surface area contributed by atoms with Crippen LogP contribution >= 0.6 is 11.6 Å². The number of urea groups is 1. The minimum atomic E-state index is -0.669. The molecule has 0 bridgehead atoms. The summed E-state index contributed by atoms with van der Waals surface area (Å²) in [5.41, 5.74) is 1.24. The number of carbonyl (C=O) groups is 1. The largest absolute Gasteiger partial charge is 0.396 e. The third-order valence-corrected chi connectivity index (χ3v) is 6.40. The van der Waals surface area contributed by atoms with Crippen LogP contribution < -0.4 is 5.32 Å². The molecule has 2 aliphatic heterocycles. The summed E-state index contributed by atoms with van der Waals surface area (Å²) in [6, 6.07) is 3.62. The average Bonchev–Trinajstić information content (AvgIpc) is 3.18. The van der Waals surface area contributed by atoms with Gasteiger partial charge in [0.2, 0.25) is 0 Å². The number of hydrogen-bond acceptors (Lipinski definition) is 4. The Morgan fingerprint density at radius 2 is 2.15 bits per heavy atom. The van der Waals surface area contributed by atoms with Crippen LogP contribution in [0.5, 0.6) is 0 Å². The van der Waals surface area contributed by atoms with Crippen LogP contribution in [-0.2, 0) is 5.54 Å². The third-order valence-electron chi connectivity index (χ3n) is 6.18. The first-order valence-corrected chi connectivity index (χ1v) is 9.84. The maximum Gasteiger partial charge on any atom is 0.317 e. The van der Waals surface area contributed by atoms with E-state index >= 15 is 0 Å². The van der Waals surface area contributed by atoms with Crippen molar-refractivity contribution in [3.8, 4) is 0 Å². The van der Waals surface area contributed by atoms with Gasteiger partial charge < -0.3 is 20.4 Å². The van der Waals surface area contributed by atoms with Crippen molar-refractivity contribution < 1.29 is 15.0 Å². The van der Waals surface area contributed by atoms with Crippen molar-refractivity contribution in [1.29, 1.82) is 0 Å². The van der Waals surface area contributed by atoms with Crippen molar-refractivity contribution in [2.75, 3.05) is 26.2 Å². The Kier molecular flexibility index (Phi) is 4.78. The van der Waals surface area contributed by atoms with E-state index in [-0.39, 0.29) is 18.6 Å². The van der Waals surface area contributed by atoms with Crippen molar-refractivity contribution in [3.63, 3.8) is 0 Å². The molecular weight excluding hydrogens is 368 g/mol. The van der Waals surface area contributed by atoms with Gasteiger partial charge in [0.25, 0.3) is 0 Å². The van der Waals surface area contributed by atoms with E-state index in [1.54, 1.807) is 11.1 Å². The van der Waals surface area contributed by atoms with Crippen molar-refractivity contribution >= 4 is 28.5 Å². The lowest BCUT2D eigenvalue weighted by Gasteiger charge is -2.42. The molecule has 0 spiro atoms. The number of hydrogen-bond donors (Lipinski definition) is 3. The number of aliphatic hydroxyl groups is 2. The molecule has 1 aromatic carbocycles. The van der Waals surface area contributed by atoms with Gasteiger partial charge >= 0.3 is 6.03 Å². The van der Waals surface area contributed by atoms with Gasteiger partial charge in [-0.05, 0) is 44.2 Å². The smallest absolute Gasteiger partial charge is 0.317 e. The SMILES string of the molecule is CC1(C2CCN(C(=O)NCCCO)CC2)[C@H](O)c2cc(Cl)cc3cnn1c23. The van der Waals surface area contributed by atoms with Crippen LogP contribution in [0.15, 0.2) is 18.3 Å². The molecule has 1 aromatic heterocycles. The molecule has 1 saturated heterocycles. The zero-order valence-corrected chi connectivity index (χ0v) is 16.1. The summed E-state index contributed by atoms with van der Waals surface area (Å²) >= 11 is 6.22. The molecule has 7 nitrogen and oxygen atoms in total. The van der Waals surface area contributed by atoms with E-state index in [4.69, 9.17) is 16.7 Å². The number of benzene rings is 1. The van der Waals surface area contributed by atoms with Gasteiger partial charge in [-0.1, -0.05) is 11.6 Å². The predicted molar refractivity (Wildman–Crippen MR) is 103 cm³/mol. The summed E-state index contributed by atoms with van der Waals surface area (Å²) in [6.07, 6.45) is 3.28. The molecule has 0 saturated carbocycles. The summed E-state index contributed by atoms with van der Waals surface area (Å²) in [7, 11) is 0. The number of likely N-dealkylation sites (tertiary alicyclic amines) is 1. The molecule has 146 valence electrons. The normalized spacial score (nSPS) is 25.3. The van der Waals surface area contributed by atoms with E-state index in [0.29, 0.717) is 31.1 Å². The molecule has 4 rings (SSSR count). The van der Waals surface area contributed by atoms with Gasteiger partial charge in [-0.3, -0.25) is 4.68 Å². The lowest BCUT2D eigenvalue weighted by atomic mass is 9.75. The van der Waals surface area contributed by atoms with Crippen LogP contribution in [-0.4, -0.2) is 57.2 Å². The quantitative estimate of drug-likeness (QED) is 0.696. The molecule has 0 radical (unpaired) electrons. The van der Waals surface area contributed by atoms with Crippen LogP contribution in [0.3, 0.4) is 0 Å². The monoisotopic (exact) mass is 392 g/mol. The predicted octanol–water partition coefficient (Wildman–Crippen LogP) is 2.26. The maximum atomic E-state index is 12.2. The summed E-state index contributed by atoms with van der Waals surface area (Å²) in [6.45, 7) is 3.88. The minimum absolute atomic E-state index is 0.0709. The first-order valence-electron chi connectivity index (χ1n) is 9.46. The lowest BCUT2D eigenvalue weighted by molar-refractivity contribution is -0.0116. The molecule has 0 aliphatic carbocycles. The number of halogens is 1. The van der Waals surface area contributed by atoms with E-state index in [1.165, 1.54) is 0 Å². The molecule has 2 atom stereocenters. The highest BCUT2D eigenvalue weighted by Crippen LogP contribution is 2.51. The van der Waals surface area contributed by atoms with Crippen molar-refractivity contribution in [1.82, 2.24) is 20.0 Å². The van der Waals surface area contributed by atoms with E-state index in [2.05, 4.69) is 17.3 Å². The van der Waals surface area contributed by atoms with Gasteiger partial charge in [0.1, 0.15) is 6.10 Å². The first-order chi connectivity index (χ1) is 13.0. The molecule has 1 unspecified atom stereocenters. The summed E-state index contributed by atoms with van der Waals surface area (Å²) < 4.78 is 1.96. The number of amides is 2. The zero-order chi connectivity index (χ0) is 19.2. The van der Waals surface area contributed by atoms with Gasteiger partial charge in [-0.15, -0.1) is 0 Å². The van der Waals surface area contributed by atoms with E-state index < -0.39 is 11.6 Å². The van der Waals surface area contributed by atoms with Crippen LogP contribution in [0.1, 0.15) is 37.9 Å². The van der Waals surface area contributed by atoms with Crippen LogP contribution in [0.2, 0.25) is 5.02 Å². The number of rotatable bonds is 4. The Hall–Kier alpha value is -1.83. The molecule has 8 heteroatoms. The van der Waals surface area contributed by atoms with Crippen LogP contribution in [0, 0.1) is 5.92 Å². The Morgan fingerprint density at radius 3 is 2.85 bits per heavy atom. The number of aromatic nitrogens is 2. The fraction of sp³-hybridized carbons (Fsp3) is 0.579. The second-order valence-electron chi connectivity index (χ2n) is 7.69. The summed E-state index contributed by atoms with van der Waals surface area (Å²) in [5, 5.41) is 28.9. The summed E-state index contributed by atoms with van der Waals surface area (Å²) in [5.74, 6) is 0.197. The number of nitrogens with one attached hydrogen (secondary N) is 1. The van der Waals surface area contributed by atoms with Gasteiger partial charge in [0, 0.05) is 42.2 Å². The topological polar surface area (TPSA) is 90.6 Å². The van der Waals surface area contributed by atoms with Crippen molar-refractivity contribution in [3.05, 3.63) is 28.9 Å². The maximum absolute atomic E-state index is 12.2. The summed E-state index contributed by atoms with van der Waals surface area (Å²) in [4.78, 5) is 14.0. The fourth-order valence-electron chi connectivity index (χ4n) is 4.62. The number of carbonyl (C=O) groups excluding carboxylic acids is 1. The number of aliphatic hydroxyl groups excluding tert-OH is 2. The molecule has 3 heterocycles. The van der Waals surface area contributed by atoms with Crippen LogP contribution in [0.25, 0.3) is 10.9 Å². The highest BCUT2D eigenvalue weighted by molar-refractivity contribution is 6.31. The van der Waals surface area contributed by atoms with Gasteiger partial charge in [-0.25, -0.2) is 4.79 Å². The molecule has 2 amide bonds. The van der Waals surface area contributed by atoms with E-state index in [9.17, 15) is 9.90 Å². The highest BCUT2D eigenvalue weighted by Gasteiger charge is 2.50. The van der Waals surface area contributed by atoms with E-state index in [1.807, 2.05) is 16.8 Å². The highest BCUT2D eigenvalue weighted by atomic mass is 35.5. The Balaban J connectivity index is 1.51. The first kappa shape index (κ1) is 18.5. The van der Waals surface area contributed by atoms with Gasteiger partial charge in [-0.2, -0.15) is 5.10 Å². The fourth-order valence-corrected chi connectivity index (χ4v) is 4.85. The molecular formula is C19H25ClN4O3. The lowest BCUT2D eigenvalue weighted by Crippen LogP contribution is -2.50. The zero-order valence-electron chi connectivity index (χ0n) is 15.4. The standard InChI is InChI=1S/C19H25ClN4O3/c1-19(13-3-6-23(7-4-13)18(27)21-5-2-8-25)17(26)15-10-14(20)9-12-11-22-24(19)16(12)15/h9-11,13,17,25-26H,2-8H2,1H3,(H,21,27)/t17-,19?/m1/s1. The van der Waals surface area contributed by atoms with Gasteiger partial charge in [0.05, 0.1) is 17.3 Å². The Morgan fingerprint density at radius 1 is 1.41 bits per heavy atom. The molecule has 1 fully saturated rings. The van der Waals surface area contributed by atoms with E-state index in [0.717, 1.165) is 29.3 Å². The molecule has 3 N–H and O–H groups in total. The van der Waals surface area contributed by atoms with Gasteiger partial charge in [0.15, 0.2) is 0 Å². The number of piperidine rings is 1. The molecule has 27 heavy (non-hydrogen) atoms. The Labute approximate surface area is 162 Å². The van der Waals surface area contributed by atoms with Crippen LogP contribution in [0.4, 0.5) is 4.79 Å².